The van der Waals surface area contributed by atoms with E-state index in [1.807, 2.05) is 104 Å². The second-order valence-electron chi connectivity index (χ2n) is 23.5. The van der Waals surface area contributed by atoms with Gasteiger partial charge in [0.2, 0.25) is 0 Å². The van der Waals surface area contributed by atoms with E-state index in [2.05, 4.69) is 41.7 Å². The van der Waals surface area contributed by atoms with E-state index in [9.17, 15) is 9.59 Å². The lowest BCUT2D eigenvalue weighted by molar-refractivity contribution is 0.134. The average Bonchev–Trinajstić information content (AvgIpc) is 1.59. The van der Waals surface area contributed by atoms with E-state index in [-0.39, 0.29) is 12.1 Å². The van der Waals surface area contributed by atoms with Crippen molar-refractivity contribution in [2.75, 3.05) is 79.2 Å². The first-order valence-corrected chi connectivity index (χ1v) is 33.1. The lowest BCUT2D eigenvalue weighted by Gasteiger charge is -2.35. The lowest BCUT2D eigenvalue weighted by Crippen LogP contribution is -2.44. The quantitative estimate of drug-likeness (QED) is 0.0500. The summed E-state index contributed by atoms with van der Waals surface area (Å²) in [5, 5.41) is 8.25. The van der Waals surface area contributed by atoms with Gasteiger partial charge in [-0.15, -0.1) is 0 Å². The van der Waals surface area contributed by atoms with E-state index in [4.69, 9.17) is 65.4 Å². The van der Waals surface area contributed by atoms with Gasteiger partial charge in [-0.05, 0) is 203 Å². The number of H-pyrrole nitrogens is 2. The second-order valence-corrected chi connectivity index (χ2v) is 25.2. The van der Waals surface area contributed by atoms with Gasteiger partial charge in [-0.25, -0.2) is 14.6 Å². The maximum absolute atomic E-state index is 13.5. The standard InChI is InChI=1S/C36H39Cl2N5O3.C35H40Cl2N4O3/c37-27-8-13-30(14-9-27)46-36(44)43-21-16-31-32-24-28(38)10-15-33(32)41-34(31)35(43)26-6-11-29(12-7-26)45-23-4-2-1-3-17-39-18-5-20-42-22-19-40-25-42;1-39-19-21-40(22-20-39)17-4-2-3-5-23-43-28-11-6-25(7-12-28)34-33-30(31-24-27(37)10-15-32(31)38-33)16-18-41(34)35(42)44-29-13-8-26(36)9-14-29/h6-15,19,22,24-25,35,39,41H,1-5,16-18,20-21,23H2;6-15,24,34,38H,2-5,16-23H2,1H3. The number of piperazine rings is 1. The van der Waals surface area contributed by atoms with Crippen LogP contribution in [0.15, 0.2) is 152 Å². The smallest absolute Gasteiger partial charge is 0.416 e. The van der Waals surface area contributed by atoms with Crippen LogP contribution in [-0.4, -0.2) is 130 Å². The maximum atomic E-state index is 13.5. The molecule has 472 valence electrons. The Bertz CT molecular complexity index is 3740. The molecule has 6 heterocycles. The Hall–Kier alpha value is -7.21. The number of carbonyl (C=O) groups is 2. The lowest BCUT2D eigenvalue weighted by atomic mass is 9.92. The van der Waals surface area contributed by atoms with Crippen molar-refractivity contribution in [2.24, 2.45) is 0 Å². The number of halogens is 4. The van der Waals surface area contributed by atoms with Crippen LogP contribution in [0.1, 0.15) is 104 Å². The van der Waals surface area contributed by atoms with Crippen LogP contribution in [0.2, 0.25) is 20.1 Å². The first-order chi connectivity index (χ1) is 44.0. The van der Waals surface area contributed by atoms with Crippen molar-refractivity contribution in [3.05, 3.63) is 206 Å². The Morgan fingerprint density at radius 2 is 0.967 bits per heavy atom. The first-order valence-electron chi connectivity index (χ1n) is 31.6. The molecule has 0 saturated carbocycles. The molecule has 3 N–H and O–H groups in total. The van der Waals surface area contributed by atoms with E-state index in [0.717, 1.165) is 101 Å². The summed E-state index contributed by atoms with van der Waals surface area (Å²) in [5.74, 6) is 2.55. The molecular formula is C71H79Cl4N9O6. The molecule has 0 bridgehead atoms. The molecule has 3 aromatic heterocycles. The van der Waals surface area contributed by atoms with Crippen molar-refractivity contribution in [1.29, 1.82) is 0 Å². The number of unbranched alkanes of at least 4 members (excludes halogenated alkanes) is 6. The van der Waals surface area contributed by atoms with Gasteiger partial charge >= 0.3 is 12.2 Å². The molecule has 2 atom stereocenters. The van der Waals surface area contributed by atoms with Gasteiger partial charge in [-0.3, -0.25) is 9.80 Å². The fraction of sp³-hybridized carbons (Fsp3) is 0.366. The molecule has 0 radical (unpaired) electrons. The average molecular weight is 1300 g/mol. The highest BCUT2D eigenvalue weighted by molar-refractivity contribution is 6.32. The molecular weight excluding hydrogens is 1220 g/mol. The van der Waals surface area contributed by atoms with Crippen molar-refractivity contribution in [1.82, 2.24) is 44.4 Å². The van der Waals surface area contributed by atoms with Gasteiger partial charge in [0.25, 0.3) is 0 Å². The number of aromatic amines is 2. The normalized spacial score (nSPS) is 15.9. The number of nitrogens with one attached hydrogen (secondary N) is 3. The monoisotopic (exact) mass is 1290 g/mol. The molecule has 9 aromatic rings. The molecule has 6 aromatic carbocycles. The van der Waals surface area contributed by atoms with Crippen molar-refractivity contribution in [2.45, 2.75) is 89.3 Å². The summed E-state index contributed by atoms with van der Waals surface area (Å²) < 4.78 is 25.9. The van der Waals surface area contributed by atoms with Crippen LogP contribution in [0.4, 0.5) is 9.59 Å². The van der Waals surface area contributed by atoms with Crippen LogP contribution in [0.3, 0.4) is 0 Å². The van der Waals surface area contributed by atoms with Gasteiger partial charge in [0.1, 0.15) is 35.1 Å². The second kappa shape index (κ2) is 31.7. The summed E-state index contributed by atoms with van der Waals surface area (Å²) in [5.41, 5.74) is 8.24. The number of nitrogens with zero attached hydrogens (tertiary/aromatic N) is 6. The Morgan fingerprint density at radius 1 is 0.511 bits per heavy atom. The molecule has 0 spiro atoms. The van der Waals surface area contributed by atoms with Crippen LogP contribution < -0.4 is 24.3 Å². The molecule has 90 heavy (non-hydrogen) atoms. The Balaban J connectivity index is 0.000000185. The highest BCUT2D eigenvalue weighted by atomic mass is 35.5. The zero-order valence-corrected chi connectivity index (χ0v) is 54.0. The van der Waals surface area contributed by atoms with Crippen LogP contribution in [-0.2, 0) is 19.4 Å². The summed E-state index contributed by atoms with van der Waals surface area (Å²) in [6.07, 6.45) is 16.5. The van der Waals surface area contributed by atoms with E-state index in [1.54, 1.807) is 58.3 Å². The van der Waals surface area contributed by atoms with Gasteiger partial charge in [0, 0.05) is 111 Å². The van der Waals surface area contributed by atoms with E-state index < -0.39 is 12.2 Å². The predicted octanol–water partition coefficient (Wildman–Crippen LogP) is 16.2. The topological polar surface area (TPSA) is 145 Å². The molecule has 3 aliphatic heterocycles. The van der Waals surface area contributed by atoms with E-state index in [1.165, 1.54) is 76.0 Å². The number of imidazole rings is 1. The number of carbonyl (C=O) groups excluding carboxylic acids is 2. The Labute approximate surface area is 547 Å². The van der Waals surface area contributed by atoms with Gasteiger partial charge in [-0.2, -0.15) is 0 Å². The highest BCUT2D eigenvalue weighted by Gasteiger charge is 2.38. The third-order valence-electron chi connectivity index (χ3n) is 17.2. The van der Waals surface area contributed by atoms with Crippen LogP contribution >= 0.6 is 46.4 Å². The zero-order chi connectivity index (χ0) is 62.2. The summed E-state index contributed by atoms with van der Waals surface area (Å²) in [7, 11) is 2.20. The number of aromatic nitrogens is 4. The van der Waals surface area contributed by atoms with E-state index >= 15 is 0 Å². The molecule has 2 unspecified atom stereocenters. The van der Waals surface area contributed by atoms with Crippen molar-refractivity contribution >= 4 is 80.4 Å². The summed E-state index contributed by atoms with van der Waals surface area (Å²) >= 11 is 24.8. The minimum Gasteiger partial charge on any atom is -0.494 e. The van der Waals surface area contributed by atoms with Crippen molar-refractivity contribution in [3.8, 4) is 23.0 Å². The number of benzene rings is 6. The number of fused-ring (bicyclic) bond motifs is 6. The molecule has 1 saturated heterocycles. The minimum atomic E-state index is -0.417. The Morgan fingerprint density at radius 3 is 1.46 bits per heavy atom. The largest absolute Gasteiger partial charge is 0.494 e. The minimum absolute atomic E-state index is 0.348. The van der Waals surface area contributed by atoms with Crippen molar-refractivity contribution in [3.63, 3.8) is 0 Å². The number of ether oxygens (including phenoxy) is 4. The predicted molar refractivity (Wildman–Crippen MR) is 361 cm³/mol. The molecule has 15 nitrogen and oxygen atoms in total. The number of hydrogen-bond acceptors (Lipinski definition) is 10. The van der Waals surface area contributed by atoms with Gasteiger partial charge < -0.3 is 48.6 Å². The fourth-order valence-corrected chi connectivity index (χ4v) is 12.9. The number of aryl methyl sites for hydroxylation is 1. The molecule has 2 amide bonds. The zero-order valence-electron chi connectivity index (χ0n) is 51.0. The van der Waals surface area contributed by atoms with Crippen LogP contribution in [0.5, 0.6) is 23.0 Å². The number of amides is 2. The summed E-state index contributed by atoms with van der Waals surface area (Å²) in [4.78, 5) is 46.9. The number of rotatable bonds is 24. The molecule has 0 aliphatic carbocycles. The van der Waals surface area contributed by atoms with Gasteiger partial charge in [0.15, 0.2) is 0 Å². The summed E-state index contributed by atoms with van der Waals surface area (Å²) in [6.45, 7) is 11.4. The molecule has 12 rings (SSSR count). The van der Waals surface area contributed by atoms with Gasteiger partial charge in [0.05, 0.1) is 19.5 Å². The third-order valence-corrected chi connectivity index (χ3v) is 18.1. The number of hydrogen-bond donors (Lipinski definition) is 3. The molecule has 1 fully saturated rings. The maximum Gasteiger partial charge on any atom is 0.416 e. The van der Waals surface area contributed by atoms with Crippen LogP contribution in [0, 0.1) is 0 Å². The summed E-state index contributed by atoms with van der Waals surface area (Å²) in [6, 6.07) is 40.8. The van der Waals surface area contributed by atoms with Crippen molar-refractivity contribution < 1.29 is 28.5 Å². The van der Waals surface area contributed by atoms with Crippen LogP contribution in [0.25, 0.3) is 21.8 Å². The molecule has 3 aliphatic rings. The SMILES string of the molecule is CN1CCN(CCCCCCOc2ccc(C3c4[nH]c5ccc(Cl)cc5c4CCN3C(=O)Oc3ccc(Cl)cc3)cc2)CC1.O=C(Oc1ccc(Cl)cc1)N1CCc2c([nH]c3ccc(Cl)cc23)C1c1ccc(OCCCCCCNCCCn2ccnc2)cc1. The van der Waals surface area contributed by atoms with E-state index in [0.29, 0.717) is 70.7 Å². The molecule has 19 heteroatoms. The highest BCUT2D eigenvalue weighted by Crippen LogP contribution is 2.42. The number of likely N-dealkylation sites (N-methyl/N-ethyl adjacent to an activating group) is 1. The first kappa shape index (κ1) is 64.3. The Kier molecular flexibility index (Phi) is 22.6. The fourth-order valence-electron chi connectivity index (χ4n) is 12.3. The third kappa shape index (κ3) is 17.0. The van der Waals surface area contributed by atoms with Gasteiger partial charge in [-0.1, -0.05) is 96.4 Å².